The number of aromatic amines is 1. The van der Waals surface area contributed by atoms with Gasteiger partial charge in [0.15, 0.2) is 0 Å². The van der Waals surface area contributed by atoms with Gasteiger partial charge in [0.25, 0.3) is 0 Å². The predicted molar refractivity (Wildman–Crippen MR) is 136 cm³/mol. The number of carbonyl (C=O) groups excluding carboxylic acids is 4. The van der Waals surface area contributed by atoms with Crippen molar-refractivity contribution in [2.45, 2.75) is 63.2 Å². The Morgan fingerprint density at radius 3 is 2.30 bits per heavy atom. The third-order valence-corrected chi connectivity index (χ3v) is 5.81. The quantitative estimate of drug-likeness (QED) is 0.130. The first-order valence-electron chi connectivity index (χ1n) is 12.0. The molecular weight excluding hydrogens is 482 g/mol. The summed E-state index contributed by atoms with van der Waals surface area (Å²) in [5.41, 5.74) is 18.0. The first-order chi connectivity index (χ1) is 17.5. The summed E-state index contributed by atoms with van der Waals surface area (Å²) in [5, 5.41) is 17.7. The van der Waals surface area contributed by atoms with Crippen molar-refractivity contribution in [2.24, 2.45) is 17.2 Å². The largest absolute Gasteiger partial charge is 0.480 e. The number of fused-ring (bicyclic) bond motifs is 1. The van der Waals surface area contributed by atoms with E-state index in [-0.39, 0.29) is 6.42 Å². The molecule has 0 aliphatic carbocycles. The van der Waals surface area contributed by atoms with Gasteiger partial charge in [-0.3, -0.25) is 19.2 Å². The Morgan fingerprint density at radius 1 is 0.973 bits per heavy atom. The smallest absolute Gasteiger partial charge is 0.326 e. The lowest BCUT2D eigenvalue weighted by Gasteiger charge is -2.23. The minimum Gasteiger partial charge on any atom is -0.480 e. The molecule has 4 atom stereocenters. The molecule has 11 N–H and O–H groups in total. The number of para-hydroxylation sites is 1. The molecule has 0 saturated heterocycles. The minimum atomic E-state index is -1.45. The molecule has 37 heavy (non-hydrogen) atoms. The molecule has 202 valence electrons. The molecule has 0 fully saturated rings. The Hall–Kier alpha value is -3.97. The van der Waals surface area contributed by atoms with Gasteiger partial charge in [0.1, 0.15) is 18.1 Å². The summed E-state index contributed by atoms with van der Waals surface area (Å²) in [6.45, 7) is 1.86. The highest BCUT2D eigenvalue weighted by Crippen LogP contribution is 2.19. The van der Waals surface area contributed by atoms with E-state index >= 15 is 0 Å². The highest BCUT2D eigenvalue weighted by atomic mass is 16.4. The fourth-order valence-electron chi connectivity index (χ4n) is 3.73. The van der Waals surface area contributed by atoms with Crippen LogP contribution in [0, 0.1) is 0 Å². The van der Waals surface area contributed by atoms with E-state index in [9.17, 15) is 29.1 Å². The van der Waals surface area contributed by atoms with Gasteiger partial charge in [-0.05, 0) is 37.9 Å². The van der Waals surface area contributed by atoms with Crippen molar-refractivity contribution in [3.05, 3.63) is 36.0 Å². The zero-order chi connectivity index (χ0) is 27.5. The summed E-state index contributed by atoms with van der Waals surface area (Å²) >= 11 is 0. The Kier molecular flexibility index (Phi) is 11.0. The highest BCUT2D eigenvalue weighted by molar-refractivity contribution is 5.96. The zero-order valence-electron chi connectivity index (χ0n) is 20.7. The van der Waals surface area contributed by atoms with Crippen molar-refractivity contribution in [3.8, 4) is 0 Å². The summed E-state index contributed by atoms with van der Waals surface area (Å²) in [5.74, 6) is -4.42. The number of primary amides is 1. The maximum Gasteiger partial charge on any atom is 0.326 e. The van der Waals surface area contributed by atoms with Crippen molar-refractivity contribution < 1.29 is 29.1 Å². The fraction of sp³-hybridized carbons (Fsp3) is 0.458. The molecule has 2 rings (SSSR count). The van der Waals surface area contributed by atoms with Crippen LogP contribution in [-0.2, 0) is 30.4 Å². The number of nitrogens with one attached hydrogen (secondary N) is 4. The summed E-state index contributed by atoms with van der Waals surface area (Å²) in [7, 11) is 0. The van der Waals surface area contributed by atoms with Crippen LogP contribution in [0.15, 0.2) is 30.5 Å². The summed E-state index contributed by atoms with van der Waals surface area (Å²) in [4.78, 5) is 64.3. The lowest BCUT2D eigenvalue weighted by Crippen LogP contribution is -2.57. The lowest BCUT2D eigenvalue weighted by atomic mass is 10.0. The number of carboxylic acids is 1. The molecule has 1 aromatic carbocycles. The van der Waals surface area contributed by atoms with Gasteiger partial charge in [-0.25, -0.2) is 4.79 Å². The van der Waals surface area contributed by atoms with E-state index < -0.39 is 60.2 Å². The number of hydrogen-bond acceptors (Lipinski definition) is 7. The number of nitrogens with two attached hydrogens (primary N) is 3. The van der Waals surface area contributed by atoms with E-state index in [4.69, 9.17) is 17.2 Å². The standard InChI is InChI=1S/C24H35N7O6/c1-13(29-22(34)16(26)7-4-5-9-25)21(33)30-18(11-20(27)32)23(35)31-19(24(36)37)10-14-12-28-17-8-3-2-6-15(14)17/h2-3,6,8,12-13,16,18-19,28H,4-5,7,9-11,25-26H2,1H3,(H2,27,32)(H,29,34)(H,30,33)(H,31,35)(H,36,37). The number of carbonyl (C=O) groups is 5. The average Bonchev–Trinajstić information content (AvgIpc) is 3.25. The van der Waals surface area contributed by atoms with Gasteiger partial charge in [-0.15, -0.1) is 0 Å². The number of amides is 4. The third kappa shape index (κ3) is 8.88. The molecule has 0 saturated carbocycles. The normalized spacial score (nSPS) is 14.2. The highest BCUT2D eigenvalue weighted by Gasteiger charge is 2.30. The molecular formula is C24H35N7O6. The third-order valence-electron chi connectivity index (χ3n) is 5.81. The van der Waals surface area contributed by atoms with Gasteiger partial charge in [0, 0.05) is 23.5 Å². The van der Waals surface area contributed by atoms with E-state index in [2.05, 4.69) is 20.9 Å². The second kappa shape index (κ2) is 13.9. The molecule has 0 aliphatic rings. The minimum absolute atomic E-state index is 0.0448. The van der Waals surface area contributed by atoms with Crippen LogP contribution in [-0.4, -0.2) is 70.4 Å². The van der Waals surface area contributed by atoms with Gasteiger partial charge >= 0.3 is 5.97 Å². The van der Waals surface area contributed by atoms with Crippen LogP contribution in [0.3, 0.4) is 0 Å². The van der Waals surface area contributed by atoms with E-state index in [1.54, 1.807) is 12.3 Å². The maximum absolute atomic E-state index is 12.9. The molecule has 0 aliphatic heterocycles. The average molecular weight is 518 g/mol. The monoisotopic (exact) mass is 517 g/mol. The van der Waals surface area contributed by atoms with Crippen molar-refractivity contribution in [3.63, 3.8) is 0 Å². The molecule has 13 heteroatoms. The van der Waals surface area contributed by atoms with Crippen LogP contribution in [0.5, 0.6) is 0 Å². The molecule has 0 spiro atoms. The van der Waals surface area contributed by atoms with Crippen LogP contribution in [0.25, 0.3) is 10.9 Å². The molecule has 1 heterocycles. The van der Waals surface area contributed by atoms with E-state index in [1.807, 2.05) is 18.2 Å². The van der Waals surface area contributed by atoms with Crippen molar-refractivity contribution in [2.75, 3.05) is 6.54 Å². The number of benzene rings is 1. The van der Waals surface area contributed by atoms with E-state index in [0.717, 1.165) is 10.9 Å². The van der Waals surface area contributed by atoms with Crippen molar-refractivity contribution in [1.82, 2.24) is 20.9 Å². The molecule has 4 unspecified atom stereocenters. The first kappa shape index (κ1) is 29.3. The molecule has 0 radical (unpaired) electrons. The summed E-state index contributed by atoms with van der Waals surface area (Å²) in [6.07, 6.45) is 2.78. The number of H-pyrrole nitrogens is 1. The van der Waals surface area contributed by atoms with Crippen LogP contribution in [0.1, 0.15) is 38.2 Å². The molecule has 4 amide bonds. The van der Waals surface area contributed by atoms with Crippen LogP contribution < -0.4 is 33.2 Å². The molecule has 0 bridgehead atoms. The molecule has 1 aromatic heterocycles. The Morgan fingerprint density at radius 2 is 1.65 bits per heavy atom. The number of aromatic nitrogens is 1. The van der Waals surface area contributed by atoms with Gasteiger partial charge in [-0.1, -0.05) is 24.6 Å². The second-order valence-electron chi connectivity index (χ2n) is 8.82. The second-order valence-corrected chi connectivity index (χ2v) is 8.82. The fourth-order valence-corrected chi connectivity index (χ4v) is 3.73. The topological polar surface area (TPSA) is 236 Å². The first-order valence-corrected chi connectivity index (χ1v) is 12.0. The number of carboxylic acid groups (broad SMARTS) is 1. The van der Waals surface area contributed by atoms with Gasteiger partial charge < -0.3 is 43.2 Å². The van der Waals surface area contributed by atoms with Crippen LogP contribution in [0.2, 0.25) is 0 Å². The molecule has 2 aromatic rings. The SMILES string of the molecule is CC(NC(=O)C(N)CCCCN)C(=O)NC(CC(N)=O)C(=O)NC(Cc1c[nH]c2ccccc12)C(=O)O. The Labute approximate surface area is 213 Å². The Bertz CT molecular complexity index is 1120. The summed E-state index contributed by atoms with van der Waals surface area (Å²) in [6, 6.07) is 2.56. The van der Waals surface area contributed by atoms with Crippen molar-refractivity contribution >= 4 is 40.5 Å². The van der Waals surface area contributed by atoms with E-state index in [1.165, 1.54) is 6.92 Å². The van der Waals surface area contributed by atoms with Crippen LogP contribution >= 0.6 is 0 Å². The summed E-state index contributed by atoms with van der Waals surface area (Å²) < 4.78 is 0. The van der Waals surface area contributed by atoms with Gasteiger partial charge in [0.05, 0.1) is 12.5 Å². The number of hydrogen-bond donors (Lipinski definition) is 8. The zero-order valence-corrected chi connectivity index (χ0v) is 20.7. The number of unbranched alkanes of at least 4 members (excludes halogenated alkanes) is 1. The van der Waals surface area contributed by atoms with Crippen molar-refractivity contribution in [1.29, 1.82) is 0 Å². The number of aliphatic carboxylic acids is 1. The maximum atomic E-state index is 12.9. The number of rotatable bonds is 15. The van der Waals surface area contributed by atoms with Gasteiger partial charge in [0.2, 0.25) is 23.6 Å². The molecule has 13 nitrogen and oxygen atoms in total. The van der Waals surface area contributed by atoms with E-state index in [0.29, 0.717) is 31.4 Å². The van der Waals surface area contributed by atoms with Gasteiger partial charge in [-0.2, -0.15) is 0 Å². The lowest BCUT2D eigenvalue weighted by molar-refractivity contribution is -0.142. The van der Waals surface area contributed by atoms with Crippen LogP contribution in [0.4, 0.5) is 0 Å². The predicted octanol–water partition coefficient (Wildman–Crippen LogP) is -1.40. The Balaban J connectivity index is 2.04.